The van der Waals surface area contributed by atoms with Gasteiger partial charge in [0.25, 0.3) is 0 Å². The van der Waals surface area contributed by atoms with Crippen molar-refractivity contribution in [3.8, 4) is 0 Å². The van der Waals surface area contributed by atoms with Crippen molar-refractivity contribution in [2.45, 2.75) is 112 Å². The number of ether oxygens (including phenoxy) is 1. The minimum absolute atomic E-state index is 0.0347. The Bertz CT molecular complexity index is 3150. The van der Waals surface area contributed by atoms with Gasteiger partial charge in [-0.25, -0.2) is 4.79 Å². The Morgan fingerprint density at radius 3 is 1.13 bits per heavy atom. The summed E-state index contributed by atoms with van der Waals surface area (Å²) in [6, 6.07) is 2.82. The molecule has 1 aromatic rings. The molecule has 36 heteroatoms. The van der Waals surface area contributed by atoms with Crippen LogP contribution in [0.2, 0.25) is 0 Å². The predicted molar refractivity (Wildman–Crippen MR) is 371 cm³/mol. The Morgan fingerprint density at radius 1 is 0.392 bits per heavy atom. The second-order valence-corrected chi connectivity index (χ2v) is 26.0. The number of likely N-dealkylation sites (N-methyl/N-ethyl adjacent to an activating group) is 10. The smallest absolute Gasteiger partial charge is 0.312 e. The number of Topliss-reactive ketones (excluding diaryl/α,β-unsaturated/α-hetero) is 1. The highest BCUT2D eigenvalue weighted by atomic mass is 16.5. The first-order chi connectivity index (χ1) is 47.4. The van der Waals surface area contributed by atoms with Crippen LogP contribution in [-0.2, 0) is 92.9 Å². The third-order valence-corrected chi connectivity index (χ3v) is 15.8. The monoisotopic (exact) mass is 1440 g/mol. The zero-order valence-electron chi connectivity index (χ0n) is 62.0. The second-order valence-electron chi connectivity index (χ2n) is 26.0. The van der Waals surface area contributed by atoms with Gasteiger partial charge in [-0.05, 0) is 49.8 Å². The van der Waals surface area contributed by atoms with E-state index in [9.17, 15) is 86.3 Å². The van der Waals surface area contributed by atoms with Crippen LogP contribution < -0.4 is 37.6 Å². The number of nitrogens with two attached hydrogens (primary N) is 1. The number of hydrogen-bond donors (Lipinski definition) is 7. The van der Waals surface area contributed by atoms with E-state index >= 15 is 0 Å². The maximum Gasteiger partial charge on any atom is 0.312 e. The maximum atomic E-state index is 13.6. The van der Waals surface area contributed by atoms with Crippen molar-refractivity contribution < 1.29 is 91.0 Å². The average Bonchev–Trinajstić information content (AvgIpc) is 0.846. The molecule has 0 saturated heterocycles. The lowest BCUT2D eigenvalue weighted by molar-refractivity contribution is -0.148. The number of benzene rings is 1. The van der Waals surface area contributed by atoms with Crippen LogP contribution in [0.25, 0.3) is 0 Å². The summed E-state index contributed by atoms with van der Waals surface area (Å²) in [6.07, 6.45) is -0.0893. The number of primary amides is 1. The van der Waals surface area contributed by atoms with E-state index in [1.54, 1.807) is 65.8 Å². The number of rotatable bonds is 43. The van der Waals surface area contributed by atoms with Gasteiger partial charge in [-0.3, -0.25) is 81.5 Å². The normalized spacial score (nSPS) is 11.6. The molecule has 0 aliphatic carbocycles. The van der Waals surface area contributed by atoms with Crippen LogP contribution in [0.3, 0.4) is 0 Å². The quantitative estimate of drug-likeness (QED) is 0.0245. The molecule has 0 heterocycles. The molecule has 0 fully saturated rings. The van der Waals surface area contributed by atoms with Crippen LogP contribution in [0, 0.1) is 17.8 Å². The minimum Gasteiger partial charge on any atom is -0.461 e. The lowest BCUT2D eigenvalue weighted by atomic mass is 10.0. The standard InChI is InChI=1S/C66H107N17O19/c1-41(2)61(64(99)72-47(20-19-28-69-66(67)101)63(98)71-46-25-23-45(24-26-46)40-102-65(100)43(5)6)73-49(85)22-18-21-48(84)68-29-27-51(87)75(9)31-53(89)77(11)33-55(91)79(13)35-57(93)81(15)37-59(95)83(17)39-60(96)82(16)38-58(94)80(14)36-56(92)78(12)34-54(90)76(10)32-52(88)74(8)30-50(86)70-44(7)62(97)42(3)4/h23-26,41-44,47,61H,18-22,27-40H2,1-17H3,(H,68,84)(H,70,86)(H,71,98)(H,72,99)(H,73,85)(H3,67,69,101)/t44-,47-,61-/m0/s1. The summed E-state index contributed by atoms with van der Waals surface area (Å²) in [5, 5.41) is 15.7. The summed E-state index contributed by atoms with van der Waals surface area (Å²) < 4.78 is 5.25. The first kappa shape index (κ1) is 89.7. The Kier molecular flexibility index (Phi) is 39.3. The van der Waals surface area contributed by atoms with Gasteiger partial charge in [0.2, 0.25) is 88.6 Å². The van der Waals surface area contributed by atoms with E-state index in [4.69, 9.17) is 10.5 Å². The number of carbonyl (C=O) groups is 18. The van der Waals surface area contributed by atoms with Gasteiger partial charge < -0.3 is 91.4 Å². The number of nitrogens with zero attached hydrogens (tertiary/aromatic N) is 10. The molecule has 36 nitrogen and oxygen atoms in total. The predicted octanol–water partition coefficient (Wildman–Crippen LogP) is -3.61. The highest BCUT2D eigenvalue weighted by molar-refractivity contribution is 5.99. The van der Waals surface area contributed by atoms with Crippen molar-refractivity contribution in [2.75, 3.05) is 154 Å². The largest absolute Gasteiger partial charge is 0.461 e. The third-order valence-electron chi connectivity index (χ3n) is 15.8. The molecule has 0 unspecified atom stereocenters. The van der Waals surface area contributed by atoms with Crippen molar-refractivity contribution in [1.82, 2.24) is 75.6 Å². The zero-order valence-corrected chi connectivity index (χ0v) is 62.0. The summed E-state index contributed by atoms with van der Waals surface area (Å²) in [4.78, 5) is 241. The van der Waals surface area contributed by atoms with E-state index in [-0.39, 0.29) is 88.4 Å². The molecule has 17 amide bonds. The molecule has 0 bridgehead atoms. The van der Waals surface area contributed by atoms with Crippen LogP contribution in [0.1, 0.15) is 92.6 Å². The van der Waals surface area contributed by atoms with Crippen molar-refractivity contribution in [3.05, 3.63) is 29.8 Å². The Balaban J connectivity index is 2.58. The molecule has 8 N–H and O–H groups in total. The number of ketones is 1. The summed E-state index contributed by atoms with van der Waals surface area (Å²) in [7, 11) is 13.1. The molecular formula is C66H107N17O19. The number of urea groups is 1. The molecule has 0 aromatic heterocycles. The van der Waals surface area contributed by atoms with Gasteiger partial charge in [0.05, 0.1) is 77.4 Å². The minimum atomic E-state index is -1.11. The van der Waals surface area contributed by atoms with Gasteiger partial charge in [-0.15, -0.1) is 0 Å². The van der Waals surface area contributed by atoms with Gasteiger partial charge in [0, 0.05) is 114 Å². The molecule has 570 valence electrons. The number of hydrogen-bond acceptors (Lipinski definition) is 19. The van der Waals surface area contributed by atoms with Crippen molar-refractivity contribution >= 4 is 112 Å². The van der Waals surface area contributed by atoms with E-state index in [2.05, 4.69) is 31.9 Å². The topological polar surface area (TPSA) is 447 Å². The van der Waals surface area contributed by atoms with Crippen molar-refractivity contribution in [1.29, 1.82) is 0 Å². The summed E-state index contributed by atoms with van der Waals surface area (Å²) in [6.45, 7) is 7.04. The van der Waals surface area contributed by atoms with Crippen molar-refractivity contribution in [3.63, 3.8) is 0 Å². The maximum absolute atomic E-state index is 13.6. The van der Waals surface area contributed by atoms with Gasteiger partial charge in [0.15, 0.2) is 5.78 Å². The van der Waals surface area contributed by atoms with Crippen LogP contribution >= 0.6 is 0 Å². The Labute approximate surface area is 596 Å². The highest BCUT2D eigenvalue weighted by Crippen LogP contribution is 2.14. The summed E-state index contributed by atoms with van der Waals surface area (Å²) in [5.74, 6) is -10.8. The van der Waals surface area contributed by atoms with E-state index in [1.807, 2.05) is 0 Å². The van der Waals surface area contributed by atoms with Gasteiger partial charge in [-0.2, -0.15) is 0 Å². The summed E-state index contributed by atoms with van der Waals surface area (Å²) in [5.41, 5.74) is 6.24. The summed E-state index contributed by atoms with van der Waals surface area (Å²) >= 11 is 0. The molecule has 0 aliphatic heterocycles. The van der Waals surface area contributed by atoms with Gasteiger partial charge >= 0.3 is 12.0 Å². The number of esters is 1. The first-order valence-electron chi connectivity index (χ1n) is 33.1. The van der Waals surface area contributed by atoms with E-state index in [0.29, 0.717) is 11.3 Å². The lowest BCUT2D eigenvalue weighted by Gasteiger charge is -2.27. The van der Waals surface area contributed by atoms with Gasteiger partial charge in [-0.1, -0.05) is 53.7 Å². The van der Waals surface area contributed by atoms with Gasteiger partial charge in [0.1, 0.15) is 18.7 Å². The molecule has 0 saturated carbocycles. The SMILES string of the molecule is CC(C)C(=O)OCc1ccc(NC(=O)[C@H](CCCNC(N)=O)NC(=O)[C@@H](NC(=O)CCCC(=O)NCCC(=O)N(C)CC(=O)N(C)CC(=O)N(C)CC(=O)N(C)CC(=O)N(C)CC(=O)N(C)CC(=O)N(C)CC(=O)N(C)CC(=O)N(C)CC(=O)N(C)CC(=O)N[C@@H](C)C(=O)C(C)C)C(C)C)cc1. The third kappa shape index (κ3) is 34.2. The van der Waals surface area contributed by atoms with E-state index in [1.165, 1.54) is 77.4 Å². The lowest BCUT2D eigenvalue weighted by Crippen LogP contribution is -2.54. The Hall–Kier alpha value is -10.3. The number of anilines is 1. The molecule has 0 radical (unpaired) electrons. The molecule has 3 atom stereocenters. The highest BCUT2D eigenvalue weighted by Gasteiger charge is 2.31. The number of carbonyl (C=O) groups excluding carboxylic acids is 18. The fourth-order valence-corrected chi connectivity index (χ4v) is 8.93. The van der Waals surface area contributed by atoms with Crippen LogP contribution in [0.4, 0.5) is 10.5 Å². The van der Waals surface area contributed by atoms with Crippen LogP contribution in [-0.4, -0.2) is 323 Å². The van der Waals surface area contributed by atoms with Crippen LogP contribution in [0.15, 0.2) is 24.3 Å². The molecule has 1 rings (SSSR count). The van der Waals surface area contributed by atoms with Crippen molar-refractivity contribution in [2.24, 2.45) is 23.5 Å². The Morgan fingerprint density at radius 2 is 0.765 bits per heavy atom. The first-order valence-corrected chi connectivity index (χ1v) is 33.1. The number of nitrogens with one attached hydrogen (secondary N) is 6. The zero-order chi connectivity index (χ0) is 78.0. The molecule has 102 heavy (non-hydrogen) atoms. The van der Waals surface area contributed by atoms with E-state index < -0.39 is 178 Å². The second kappa shape index (κ2) is 44.7. The fourth-order valence-electron chi connectivity index (χ4n) is 8.93. The van der Waals surface area contributed by atoms with E-state index in [0.717, 1.165) is 49.0 Å². The molecule has 0 aliphatic rings. The molecule has 0 spiro atoms. The molecule has 1 aromatic carbocycles. The number of amides is 17. The fraction of sp³-hybridized carbons (Fsp3) is 0.636. The molecular weight excluding hydrogens is 1330 g/mol. The van der Waals surface area contributed by atoms with Crippen LogP contribution in [0.5, 0.6) is 0 Å². The average molecular weight is 1440 g/mol.